The van der Waals surface area contributed by atoms with Crippen molar-refractivity contribution in [2.45, 2.75) is 50.9 Å². The van der Waals surface area contributed by atoms with Gasteiger partial charge in [0.05, 0.1) is 25.9 Å². The molecule has 5 nitrogen and oxygen atoms in total. The van der Waals surface area contributed by atoms with Gasteiger partial charge in [0.15, 0.2) is 0 Å². The third kappa shape index (κ3) is 5.48. The normalized spacial score (nSPS) is 20.2. The molecule has 17 heavy (non-hydrogen) atoms. The van der Waals surface area contributed by atoms with E-state index in [1.54, 1.807) is 6.92 Å². The van der Waals surface area contributed by atoms with Crippen molar-refractivity contribution in [2.24, 2.45) is 0 Å². The predicted molar refractivity (Wildman–Crippen MR) is 63.7 cm³/mol. The lowest BCUT2D eigenvalue weighted by Gasteiger charge is -2.17. The molecule has 2 N–H and O–H groups in total. The Morgan fingerprint density at radius 1 is 1.47 bits per heavy atom. The van der Waals surface area contributed by atoms with Crippen molar-refractivity contribution >= 4 is 5.97 Å². The summed E-state index contributed by atoms with van der Waals surface area (Å²) in [5.74, 6) is -0.325. The monoisotopic (exact) mass is 245 g/mol. The van der Waals surface area contributed by atoms with Crippen LogP contribution in [0.25, 0.3) is 0 Å². The summed E-state index contributed by atoms with van der Waals surface area (Å²) in [6, 6.07) is -0.402. The molecular weight excluding hydrogens is 222 g/mol. The van der Waals surface area contributed by atoms with Crippen molar-refractivity contribution in [3.05, 3.63) is 0 Å². The minimum atomic E-state index is -0.581. The van der Waals surface area contributed by atoms with Crippen LogP contribution in [0.1, 0.15) is 32.6 Å². The summed E-state index contributed by atoms with van der Waals surface area (Å²) in [6.07, 6.45) is 4.36. The first-order chi connectivity index (χ1) is 8.13. The van der Waals surface area contributed by atoms with Gasteiger partial charge in [-0.15, -0.1) is 0 Å². The number of esters is 1. The van der Waals surface area contributed by atoms with Crippen LogP contribution in [0.3, 0.4) is 0 Å². The van der Waals surface area contributed by atoms with E-state index in [1.165, 1.54) is 20.0 Å². The summed E-state index contributed by atoms with van der Waals surface area (Å²) < 4.78 is 10.1. The van der Waals surface area contributed by atoms with E-state index >= 15 is 0 Å². The third-order valence-corrected chi connectivity index (χ3v) is 3.04. The molecule has 0 saturated heterocycles. The van der Waals surface area contributed by atoms with Gasteiger partial charge in [-0.2, -0.15) is 0 Å². The molecule has 100 valence electrons. The highest BCUT2D eigenvalue weighted by atomic mass is 16.5. The standard InChI is InChI=1S/C12H23NO4/c1-9(12(15)16-2)13-7-10(14)8-17-11-5-3-4-6-11/h9-11,13-14H,3-8H2,1-2H3. The molecular formula is C12H23NO4. The molecule has 0 aromatic heterocycles. The van der Waals surface area contributed by atoms with E-state index in [2.05, 4.69) is 10.1 Å². The maximum atomic E-state index is 11.1. The Balaban J connectivity index is 2.07. The SMILES string of the molecule is COC(=O)C(C)NCC(O)COC1CCCC1. The van der Waals surface area contributed by atoms with Crippen molar-refractivity contribution in [2.75, 3.05) is 20.3 Å². The lowest BCUT2D eigenvalue weighted by atomic mass is 10.3. The maximum Gasteiger partial charge on any atom is 0.322 e. The van der Waals surface area contributed by atoms with Crippen molar-refractivity contribution in [3.8, 4) is 0 Å². The fourth-order valence-corrected chi connectivity index (χ4v) is 1.93. The molecule has 0 aliphatic heterocycles. The van der Waals surface area contributed by atoms with Crippen LogP contribution in [0.15, 0.2) is 0 Å². The van der Waals surface area contributed by atoms with Gasteiger partial charge < -0.3 is 19.9 Å². The van der Waals surface area contributed by atoms with Crippen molar-refractivity contribution in [1.82, 2.24) is 5.32 Å². The number of aliphatic hydroxyl groups excluding tert-OH is 1. The first-order valence-corrected chi connectivity index (χ1v) is 6.24. The number of rotatable bonds is 7. The largest absolute Gasteiger partial charge is 0.468 e. The summed E-state index contributed by atoms with van der Waals surface area (Å²) in [7, 11) is 1.35. The molecule has 1 aliphatic carbocycles. The summed E-state index contributed by atoms with van der Waals surface area (Å²) in [5.41, 5.74) is 0. The van der Waals surface area contributed by atoms with Gasteiger partial charge in [-0.05, 0) is 19.8 Å². The Labute approximate surface area is 102 Å². The predicted octanol–water partition coefficient (Wildman–Crippen LogP) is 0.458. The van der Waals surface area contributed by atoms with Crippen LogP contribution in [0, 0.1) is 0 Å². The van der Waals surface area contributed by atoms with E-state index in [4.69, 9.17) is 4.74 Å². The molecule has 0 radical (unpaired) electrons. The summed E-state index contributed by atoms with van der Waals surface area (Å²) in [5, 5.41) is 12.6. The molecule has 1 fully saturated rings. The van der Waals surface area contributed by atoms with Crippen molar-refractivity contribution in [1.29, 1.82) is 0 Å². The zero-order chi connectivity index (χ0) is 12.7. The number of carbonyl (C=O) groups excluding carboxylic acids is 1. The summed E-state index contributed by atoms with van der Waals surface area (Å²) >= 11 is 0. The fraction of sp³-hybridized carbons (Fsp3) is 0.917. The first-order valence-electron chi connectivity index (χ1n) is 6.24. The Morgan fingerprint density at radius 2 is 2.12 bits per heavy atom. The van der Waals surface area contributed by atoms with Gasteiger partial charge in [-0.25, -0.2) is 0 Å². The van der Waals surface area contributed by atoms with E-state index in [9.17, 15) is 9.90 Å². The Bertz CT molecular complexity index is 229. The highest BCUT2D eigenvalue weighted by Crippen LogP contribution is 2.20. The number of hydrogen-bond donors (Lipinski definition) is 2. The second-order valence-corrected chi connectivity index (χ2v) is 4.55. The lowest BCUT2D eigenvalue weighted by Crippen LogP contribution is -2.41. The number of hydrogen-bond acceptors (Lipinski definition) is 5. The van der Waals surface area contributed by atoms with Crippen LogP contribution in [-0.4, -0.2) is 49.6 Å². The molecule has 0 bridgehead atoms. The molecule has 0 amide bonds. The average molecular weight is 245 g/mol. The first kappa shape index (κ1) is 14.4. The summed E-state index contributed by atoms with van der Waals surface area (Å²) in [6.45, 7) is 2.37. The van der Waals surface area contributed by atoms with E-state index in [0.717, 1.165) is 12.8 Å². The quantitative estimate of drug-likeness (QED) is 0.638. The van der Waals surface area contributed by atoms with Gasteiger partial charge in [0.1, 0.15) is 6.04 Å². The zero-order valence-corrected chi connectivity index (χ0v) is 10.6. The topological polar surface area (TPSA) is 67.8 Å². The fourth-order valence-electron chi connectivity index (χ4n) is 1.93. The molecule has 1 rings (SSSR count). The van der Waals surface area contributed by atoms with Gasteiger partial charge in [-0.1, -0.05) is 12.8 Å². The number of methoxy groups -OCH3 is 1. The highest BCUT2D eigenvalue weighted by molar-refractivity contribution is 5.75. The Hall–Kier alpha value is -0.650. The molecule has 0 spiro atoms. The second kappa shape index (κ2) is 7.63. The van der Waals surface area contributed by atoms with Gasteiger partial charge in [-0.3, -0.25) is 4.79 Å². The minimum absolute atomic E-state index is 0.308. The third-order valence-electron chi connectivity index (χ3n) is 3.04. The zero-order valence-electron chi connectivity index (χ0n) is 10.6. The van der Waals surface area contributed by atoms with Crippen LogP contribution in [0.4, 0.5) is 0 Å². The van der Waals surface area contributed by atoms with Crippen molar-refractivity contribution in [3.63, 3.8) is 0 Å². The minimum Gasteiger partial charge on any atom is -0.468 e. The van der Waals surface area contributed by atoms with Crippen LogP contribution in [-0.2, 0) is 14.3 Å². The number of carbonyl (C=O) groups is 1. The average Bonchev–Trinajstić information content (AvgIpc) is 2.85. The molecule has 5 heteroatoms. The van der Waals surface area contributed by atoms with Gasteiger partial charge in [0, 0.05) is 6.54 Å². The molecule has 0 heterocycles. The van der Waals surface area contributed by atoms with E-state index in [1.807, 2.05) is 0 Å². The second-order valence-electron chi connectivity index (χ2n) is 4.55. The lowest BCUT2D eigenvalue weighted by molar-refractivity contribution is -0.142. The van der Waals surface area contributed by atoms with Gasteiger partial charge in [0.2, 0.25) is 0 Å². The maximum absolute atomic E-state index is 11.1. The molecule has 0 aromatic rings. The van der Waals surface area contributed by atoms with Gasteiger partial charge >= 0.3 is 5.97 Å². The number of aliphatic hydroxyl groups is 1. The van der Waals surface area contributed by atoms with Crippen molar-refractivity contribution < 1.29 is 19.4 Å². The van der Waals surface area contributed by atoms with E-state index in [0.29, 0.717) is 19.3 Å². The molecule has 2 unspecified atom stereocenters. The van der Waals surface area contributed by atoms with Crippen LogP contribution in [0.5, 0.6) is 0 Å². The number of ether oxygens (including phenoxy) is 2. The number of nitrogens with one attached hydrogen (secondary N) is 1. The smallest absolute Gasteiger partial charge is 0.322 e. The molecule has 1 saturated carbocycles. The van der Waals surface area contributed by atoms with E-state index in [-0.39, 0.29) is 5.97 Å². The van der Waals surface area contributed by atoms with Crippen LogP contribution >= 0.6 is 0 Å². The molecule has 2 atom stereocenters. The van der Waals surface area contributed by atoms with Crippen LogP contribution in [0.2, 0.25) is 0 Å². The summed E-state index contributed by atoms with van der Waals surface area (Å²) in [4.78, 5) is 11.1. The Kier molecular flexibility index (Phi) is 6.47. The van der Waals surface area contributed by atoms with E-state index < -0.39 is 12.1 Å². The van der Waals surface area contributed by atoms with Crippen LogP contribution < -0.4 is 5.32 Å². The molecule has 0 aromatic carbocycles. The molecule has 1 aliphatic rings. The highest BCUT2D eigenvalue weighted by Gasteiger charge is 2.18. The van der Waals surface area contributed by atoms with Gasteiger partial charge in [0.25, 0.3) is 0 Å². The Morgan fingerprint density at radius 3 is 2.71 bits per heavy atom.